The Morgan fingerprint density at radius 2 is 1.11 bits per heavy atom. The zero-order valence-electron chi connectivity index (χ0n) is 23.4. The third-order valence-corrected chi connectivity index (χ3v) is 8.87. The van der Waals surface area contributed by atoms with Crippen molar-refractivity contribution < 1.29 is 8.83 Å². The summed E-state index contributed by atoms with van der Waals surface area (Å²) in [6.45, 7) is 0. The SMILES string of the molecule is c1ccc2c(c1)ccc1c3ccc(-c4nc(-c5cccc6ccc7c8ccccc8oc7c56)c5ccccc5n4)cc3oc21. The molecule has 44 heavy (non-hydrogen) atoms. The molecule has 204 valence electrons. The second-order valence-corrected chi connectivity index (χ2v) is 11.3. The molecule has 0 amide bonds. The van der Waals surface area contributed by atoms with Gasteiger partial charge in [0.25, 0.3) is 0 Å². The number of fused-ring (bicyclic) bond motifs is 11. The highest BCUT2D eigenvalue weighted by atomic mass is 16.3. The van der Waals surface area contributed by atoms with E-state index >= 15 is 0 Å². The van der Waals surface area contributed by atoms with Crippen LogP contribution in [0.25, 0.3) is 99.0 Å². The van der Waals surface area contributed by atoms with Crippen LogP contribution in [0, 0.1) is 0 Å². The topological polar surface area (TPSA) is 52.1 Å². The lowest BCUT2D eigenvalue weighted by Gasteiger charge is -2.12. The van der Waals surface area contributed by atoms with E-state index < -0.39 is 0 Å². The summed E-state index contributed by atoms with van der Waals surface area (Å²) < 4.78 is 13.0. The molecule has 0 radical (unpaired) electrons. The van der Waals surface area contributed by atoms with Crippen LogP contribution in [0.15, 0.2) is 142 Å². The van der Waals surface area contributed by atoms with E-state index in [0.29, 0.717) is 5.82 Å². The van der Waals surface area contributed by atoms with Crippen molar-refractivity contribution in [1.29, 1.82) is 0 Å². The maximum absolute atomic E-state index is 6.51. The van der Waals surface area contributed by atoms with Crippen molar-refractivity contribution in [2.75, 3.05) is 0 Å². The Morgan fingerprint density at radius 3 is 2.05 bits per heavy atom. The Labute approximate surface area is 250 Å². The van der Waals surface area contributed by atoms with Crippen LogP contribution in [0.4, 0.5) is 0 Å². The summed E-state index contributed by atoms with van der Waals surface area (Å²) in [5, 5.41) is 9.82. The number of aromatic nitrogens is 2. The normalized spacial score (nSPS) is 12.1. The molecular formula is C40H22N2O2. The molecule has 0 bridgehead atoms. The molecule has 7 aromatic carbocycles. The van der Waals surface area contributed by atoms with E-state index in [1.807, 2.05) is 24.3 Å². The molecule has 10 rings (SSSR count). The van der Waals surface area contributed by atoms with Crippen LogP contribution in [0.5, 0.6) is 0 Å². The number of hydrogen-bond acceptors (Lipinski definition) is 4. The van der Waals surface area contributed by atoms with Crippen LogP contribution in [-0.4, -0.2) is 9.97 Å². The lowest BCUT2D eigenvalue weighted by molar-refractivity contribution is 0.672. The van der Waals surface area contributed by atoms with Crippen LogP contribution in [-0.2, 0) is 0 Å². The minimum Gasteiger partial charge on any atom is -0.455 e. The average molecular weight is 563 g/mol. The van der Waals surface area contributed by atoms with Crippen molar-refractivity contribution in [2.45, 2.75) is 0 Å². The maximum atomic E-state index is 6.51. The van der Waals surface area contributed by atoms with Crippen LogP contribution in [0.3, 0.4) is 0 Å². The van der Waals surface area contributed by atoms with Crippen molar-refractivity contribution in [1.82, 2.24) is 9.97 Å². The van der Waals surface area contributed by atoms with Gasteiger partial charge in [-0.2, -0.15) is 0 Å². The van der Waals surface area contributed by atoms with E-state index in [2.05, 4.69) is 109 Å². The van der Waals surface area contributed by atoms with Crippen molar-refractivity contribution in [3.05, 3.63) is 133 Å². The fourth-order valence-corrected chi connectivity index (χ4v) is 6.80. The second kappa shape index (κ2) is 8.76. The summed E-state index contributed by atoms with van der Waals surface area (Å²) in [7, 11) is 0. The summed E-state index contributed by atoms with van der Waals surface area (Å²) >= 11 is 0. The van der Waals surface area contributed by atoms with Crippen molar-refractivity contribution in [2.24, 2.45) is 0 Å². The highest BCUT2D eigenvalue weighted by Crippen LogP contribution is 2.41. The Hall–Kier alpha value is -6.00. The van der Waals surface area contributed by atoms with Gasteiger partial charge in [-0.15, -0.1) is 0 Å². The van der Waals surface area contributed by atoms with Crippen molar-refractivity contribution in [3.63, 3.8) is 0 Å². The Morgan fingerprint density at radius 1 is 0.432 bits per heavy atom. The number of hydrogen-bond donors (Lipinski definition) is 0. The molecule has 3 heterocycles. The summed E-state index contributed by atoms with van der Waals surface area (Å²) in [6.07, 6.45) is 0. The van der Waals surface area contributed by atoms with Crippen LogP contribution in [0.1, 0.15) is 0 Å². The van der Waals surface area contributed by atoms with Gasteiger partial charge in [0.15, 0.2) is 5.82 Å². The summed E-state index contributed by atoms with van der Waals surface area (Å²) in [5.74, 6) is 0.652. The van der Waals surface area contributed by atoms with Gasteiger partial charge in [0.2, 0.25) is 0 Å². The molecular weight excluding hydrogens is 540 g/mol. The van der Waals surface area contributed by atoms with E-state index in [-0.39, 0.29) is 0 Å². The minimum atomic E-state index is 0.652. The molecule has 4 nitrogen and oxygen atoms in total. The van der Waals surface area contributed by atoms with Gasteiger partial charge in [-0.1, -0.05) is 97.1 Å². The van der Waals surface area contributed by atoms with Gasteiger partial charge < -0.3 is 8.83 Å². The molecule has 0 aliphatic rings. The van der Waals surface area contributed by atoms with Crippen LogP contribution >= 0.6 is 0 Å². The Kier molecular flexibility index (Phi) is 4.69. The summed E-state index contributed by atoms with van der Waals surface area (Å²) in [4.78, 5) is 10.3. The fraction of sp³-hybridized carbons (Fsp3) is 0. The van der Waals surface area contributed by atoms with Crippen molar-refractivity contribution >= 4 is 76.3 Å². The monoisotopic (exact) mass is 562 g/mol. The molecule has 0 aliphatic carbocycles. The fourth-order valence-electron chi connectivity index (χ4n) is 6.80. The highest BCUT2D eigenvalue weighted by molar-refractivity contribution is 6.20. The molecule has 0 unspecified atom stereocenters. The summed E-state index contributed by atoms with van der Waals surface area (Å²) in [6, 6.07) is 46.0. The molecule has 0 atom stereocenters. The molecule has 3 aromatic heterocycles. The molecule has 10 aromatic rings. The molecule has 0 N–H and O–H groups in total. The van der Waals surface area contributed by atoms with Gasteiger partial charge in [-0.3, -0.25) is 0 Å². The predicted molar refractivity (Wildman–Crippen MR) is 180 cm³/mol. The second-order valence-electron chi connectivity index (χ2n) is 11.3. The Balaban J connectivity index is 1.24. The molecule has 0 saturated heterocycles. The predicted octanol–water partition coefficient (Wildman–Crippen LogP) is 11.1. The zero-order chi connectivity index (χ0) is 28.8. The van der Waals surface area contributed by atoms with Crippen LogP contribution in [0.2, 0.25) is 0 Å². The first-order chi connectivity index (χ1) is 21.8. The van der Waals surface area contributed by atoms with Gasteiger partial charge in [-0.05, 0) is 47.2 Å². The number of rotatable bonds is 2. The minimum absolute atomic E-state index is 0.652. The lowest BCUT2D eigenvalue weighted by atomic mass is 9.97. The number of furan rings is 2. The van der Waals surface area contributed by atoms with Gasteiger partial charge in [0.1, 0.15) is 22.3 Å². The highest BCUT2D eigenvalue weighted by Gasteiger charge is 2.19. The van der Waals surface area contributed by atoms with E-state index in [1.54, 1.807) is 0 Å². The quantitative estimate of drug-likeness (QED) is 0.210. The molecule has 0 aliphatic heterocycles. The smallest absolute Gasteiger partial charge is 0.160 e. The zero-order valence-corrected chi connectivity index (χ0v) is 23.4. The average Bonchev–Trinajstić information content (AvgIpc) is 3.66. The lowest BCUT2D eigenvalue weighted by Crippen LogP contribution is -1.96. The molecule has 0 fully saturated rings. The molecule has 4 heteroatoms. The van der Waals surface area contributed by atoms with Crippen LogP contribution < -0.4 is 0 Å². The van der Waals surface area contributed by atoms with Crippen molar-refractivity contribution in [3.8, 4) is 22.6 Å². The first-order valence-corrected chi connectivity index (χ1v) is 14.7. The van der Waals surface area contributed by atoms with E-state index in [4.69, 9.17) is 18.8 Å². The van der Waals surface area contributed by atoms with E-state index in [9.17, 15) is 0 Å². The maximum Gasteiger partial charge on any atom is 0.160 e. The van der Waals surface area contributed by atoms with E-state index in [0.717, 1.165) is 93.1 Å². The molecule has 0 saturated carbocycles. The third kappa shape index (κ3) is 3.28. The number of para-hydroxylation sites is 2. The summed E-state index contributed by atoms with van der Waals surface area (Å²) in [5.41, 5.74) is 7.16. The number of benzene rings is 7. The third-order valence-electron chi connectivity index (χ3n) is 8.87. The van der Waals surface area contributed by atoms with Gasteiger partial charge in [0.05, 0.1) is 11.2 Å². The first-order valence-electron chi connectivity index (χ1n) is 14.7. The standard InChI is InChI=1S/C40H22N2O2/c1-2-10-26-23(8-1)16-20-29-28-19-18-25(22-35(28)44-38(26)29)40-41-33-14-5-3-12-31(33)37(42-40)32-13-7-9-24-17-21-30-27-11-4-6-15-34(27)43-39(30)36(24)32/h1-22H. The molecule has 0 spiro atoms. The number of nitrogens with zero attached hydrogens (tertiary/aromatic N) is 2. The largest absolute Gasteiger partial charge is 0.455 e. The van der Waals surface area contributed by atoms with Gasteiger partial charge >= 0.3 is 0 Å². The Bertz CT molecular complexity index is 2790. The van der Waals surface area contributed by atoms with Gasteiger partial charge in [0, 0.05) is 48.8 Å². The van der Waals surface area contributed by atoms with Gasteiger partial charge in [-0.25, -0.2) is 9.97 Å². The first kappa shape index (κ1) is 23.6. The van der Waals surface area contributed by atoms with E-state index in [1.165, 1.54) is 0 Å².